The summed E-state index contributed by atoms with van der Waals surface area (Å²) < 4.78 is 5.52. The molecular weight excluding hydrogens is 186 g/mol. The van der Waals surface area contributed by atoms with Gasteiger partial charge in [-0.25, -0.2) is 0 Å². The van der Waals surface area contributed by atoms with Crippen LogP contribution in [0.3, 0.4) is 0 Å². The standard InChI is InChI=1S/C13H17NO/c1-3-9-15-13-7-6-12(5-4-8-14)11(2)10-13/h6-7,10H,3,8-9,14H2,1-2H3. The zero-order valence-corrected chi connectivity index (χ0v) is 9.34. The van der Waals surface area contributed by atoms with Crippen molar-refractivity contribution in [1.29, 1.82) is 0 Å². The number of aryl methyl sites for hydroxylation is 1. The van der Waals surface area contributed by atoms with Gasteiger partial charge in [-0.15, -0.1) is 0 Å². The van der Waals surface area contributed by atoms with E-state index in [0.717, 1.165) is 29.9 Å². The van der Waals surface area contributed by atoms with E-state index < -0.39 is 0 Å². The molecule has 1 aromatic rings. The van der Waals surface area contributed by atoms with Crippen LogP contribution in [0.5, 0.6) is 5.75 Å². The first-order valence-corrected chi connectivity index (χ1v) is 5.20. The normalized spacial score (nSPS) is 9.27. The topological polar surface area (TPSA) is 35.2 Å². The van der Waals surface area contributed by atoms with Crippen molar-refractivity contribution in [3.8, 4) is 17.6 Å². The van der Waals surface area contributed by atoms with Gasteiger partial charge in [0.2, 0.25) is 0 Å². The third-order valence-electron chi connectivity index (χ3n) is 2.00. The summed E-state index contributed by atoms with van der Waals surface area (Å²) in [5.41, 5.74) is 7.47. The number of rotatable bonds is 3. The predicted octanol–water partition coefficient (Wildman–Crippen LogP) is 2.09. The zero-order chi connectivity index (χ0) is 11.1. The summed E-state index contributed by atoms with van der Waals surface area (Å²) in [6.45, 7) is 5.27. The summed E-state index contributed by atoms with van der Waals surface area (Å²) in [6, 6.07) is 5.93. The van der Waals surface area contributed by atoms with E-state index in [2.05, 4.69) is 18.8 Å². The summed E-state index contributed by atoms with van der Waals surface area (Å²) in [7, 11) is 0. The summed E-state index contributed by atoms with van der Waals surface area (Å²) in [6.07, 6.45) is 1.02. The van der Waals surface area contributed by atoms with Gasteiger partial charge in [0.15, 0.2) is 0 Å². The van der Waals surface area contributed by atoms with Gasteiger partial charge < -0.3 is 10.5 Å². The average Bonchev–Trinajstić information content (AvgIpc) is 2.25. The summed E-state index contributed by atoms with van der Waals surface area (Å²) in [5.74, 6) is 6.78. The van der Waals surface area contributed by atoms with Crippen LogP contribution in [0.15, 0.2) is 18.2 Å². The highest BCUT2D eigenvalue weighted by Gasteiger charge is 1.97. The van der Waals surface area contributed by atoms with Gasteiger partial charge >= 0.3 is 0 Å². The van der Waals surface area contributed by atoms with Crippen molar-refractivity contribution in [2.45, 2.75) is 20.3 Å². The Morgan fingerprint density at radius 1 is 1.40 bits per heavy atom. The molecule has 0 unspecified atom stereocenters. The van der Waals surface area contributed by atoms with E-state index in [0.29, 0.717) is 6.54 Å². The Balaban J connectivity index is 2.78. The number of benzene rings is 1. The van der Waals surface area contributed by atoms with Crippen LogP contribution >= 0.6 is 0 Å². The van der Waals surface area contributed by atoms with E-state index in [1.807, 2.05) is 25.1 Å². The lowest BCUT2D eigenvalue weighted by atomic mass is 10.1. The Hall–Kier alpha value is -1.46. The molecule has 1 aromatic carbocycles. The molecule has 0 saturated heterocycles. The zero-order valence-electron chi connectivity index (χ0n) is 9.34. The van der Waals surface area contributed by atoms with Crippen LogP contribution in [0.25, 0.3) is 0 Å². The molecular formula is C13H17NO. The van der Waals surface area contributed by atoms with Crippen LogP contribution in [0.4, 0.5) is 0 Å². The smallest absolute Gasteiger partial charge is 0.119 e. The highest BCUT2D eigenvalue weighted by Crippen LogP contribution is 2.16. The molecule has 0 bridgehead atoms. The molecule has 0 aliphatic rings. The molecule has 0 radical (unpaired) electrons. The Morgan fingerprint density at radius 3 is 2.80 bits per heavy atom. The van der Waals surface area contributed by atoms with Crippen molar-refractivity contribution in [3.05, 3.63) is 29.3 Å². The van der Waals surface area contributed by atoms with E-state index in [1.165, 1.54) is 0 Å². The molecule has 0 spiro atoms. The third kappa shape index (κ3) is 3.65. The van der Waals surface area contributed by atoms with Gasteiger partial charge in [0.1, 0.15) is 5.75 Å². The van der Waals surface area contributed by atoms with E-state index in [1.54, 1.807) is 0 Å². The lowest BCUT2D eigenvalue weighted by Crippen LogP contribution is -1.96. The van der Waals surface area contributed by atoms with Crippen LogP contribution in [-0.4, -0.2) is 13.2 Å². The summed E-state index contributed by atoms with van der Waals surface area (Å²) in [5, 5.41) is 0. The van der Waals surface area contributed by atoms with Crippen LogP contribution in [0.1, 0.15) is 24.5 Å². The van der Waals surface area contributed by atoms with Gasteiger partial charge in [0.25, 0.3) is 0 Å². The van der Waals surface area contributed by atoms with Crippen LogP contribution in [0, 0.1) is 18.8 Å². The first kappa shape index (κ1) is 11.6. The third-order valence-corrected chi connectivity index (χ3v) is 2.00. The summed E-state index contributed by atoms with van der Waals surface area (Å²) in [4.78, 5) is 0. The average molecular weight is 203 g/mol. The van der Waals surface area contributed by atoms with Crippen molar-refractivity contribution < 1.29 is 4.74 Å². The quantitative estimate of drug-likeness (QED) is 0.763. The molecule has 0 saturated carbocycles. The lowest BCUT2D eigenvalue weighted by molar-refractivity contribution is 0.317. The number of hydrogen-bond acceptors (Lipinski definition) is 2. The van der Waals surface area contributed by atoms with E-state index in [9.17, 15) is 0 Å². The molecule has 15 heavy (non-hydrogen) atoms. The van der Waals surface area contributed by atoms with Gasteiger partial charge in [0.05, 0.1) is 13.2 Å². The van der Waals surface area contributed by atoms with Crippen molar-refractivity contribution in [2.24, 2.45) is 5.73 Å². The number of hydrogen-bond donors (Lipinski definition) is 1. The van der Waals surface area contributed by atoms with Crippen molar-refractivity contribution >= 4 is 0 Å². The number of nitrogens with two attached hydrogens (primary N) is 1. The lowest BCUT2D eigenvalue weighted by Gasteiger charge is -2.06. The predicted molar refractivity (Wildman–Crippen MR) is 62.9 cm³/mol. The fourth-order valence-corrected chi connectivity index (χ4v) is 1.23. The molecule has 2 nitrogen and oxygen atoms in total. The minimum atomic E-state index is 0.396. The fraction of sp³-hybridized carbons (Fsp3) is 0.385. The molecule has 0 aliphatic carbocycles. The highest BCUT2D eigenvalue weighted by molar-refractivity contribution is 5.44. The Kier molecular flexibility index (Phi) is 4.73. The first-order chi connectivity index (χ1) is 7.27. The van der Waals surface area contributed by atoms with Gasteiger partial charge in [-0.05, 0) is 37.1 Å². The minimum absolute atomic E-state index is 0.396. The SMILES string of the molecule is CCCOc1ccc(C#CCN)c(C)c1. The Morgan fingerprint density at radius 2 is 2.20 bits per heavy atom. The van der Waals surface area contributed by atoms with E-state index >= 15 is 0 Å². The number of ether oxygens (including phenoxy) is 1. The van der Waals surface area contributed by atoms with Crippen molar-refractivity contribution in [1.82, 2.24) is 0 Å². The second kappa shape index (κ2) is 6.10. The van der Waals surface area contributed by atoms with E-state index in [-0.39, 0.29) is 0 Å². The molecule has 0 aliphatic heterocycles. The molecule has 2 N–H and O–H groups in total. The maximum atomic E-state index is 5.52. The van der Waals surface area contributed by atoms with Gasteiger partial charge in [-0.3, -0.25) is 0 Å². The molecule has 0 aromatic heterocycles. The molecule has 2 heteroatoms. The Labute approximate surface area is 91.4 Å². The van der Waals surface area contributed by atoms with Crippen molar-refractivity contribution in [2.75, 3.05) is 13.2 Å². The first-order valence-electron chi connectivity index (χ1n) is 5.20. The Bertz CT molecular complexity index is 374. The van der Waals surface area contributed by atoms with Gasteiger partial charge in [-0.2, -0.15) is 0 Å². The fourth-order valence-electron chi connectivity index (χ4n) is 1.23. The largest absolute Gasteiger partial charge is 0.494 e. The van der Waals surface area contributed by atoms with Crippen LogP contribution < -0.4 is 10.5 Å². The summed E-state index contributed by atoms with van der Waals surface area (Å²) >= 11 is 0. The van der Waals surface area contributed by atoms with Gasteiger partial charge in [0, 0.05) is 5.56 Å². The molecule has 0 heterocycles. The molecule has 0 fully saturated rings. The molecule has 0 amide bonds. The minimum Gasteiger partial charge on any atom is -0.494 e. The van der Waals surface area contributed by atoms with E-state index in [4.69, 9.17) is 10.5 Å². The maximum absolute atomic E-state index is 5.52. The molecule has 80 valence electrons. The van der Waals surface area contributed by atoms with Gasteiger partial charge in [-0.1, -0.05) is 18.8 Å². The maximum Gasteiger partial charge on any atom is 0.119 e. The molecule has 0 atom stereocenters. The highest BCUT2D eigenvalue weighted by atomic mass is 16.5. The monoisotopic (exact) mass is 203 g/mol. The van der Waals surface area contributed by atoms with Crippen LogP contribution in [0.2, 0.25) is 0 Å². The molecule has 1 rings (SSSR count). The van der Waals surface area contributed by atoms with Crippen molar-refractivity contribution in [3.63, 3.8) is 0 Å². The second-order valence-corrected chi connectivity index (χ2v) is 3.33. The van der Waals surface area contributed by atoms with Crippen LogP contribution in [-0.2, 0) is 0 Å². The second-order valence-electron chi connectivity index (χ2n) is 3.33.